The SMILES string of the molecule is O=S(=O)(c1ccccc1)c1nc(-c2ccco2)oc1NC[C@@H]1CCCO1. The fourth-order valence-electron chi connectivity index (χ4n) is 2.83. The zero-order valence-electron chi connectivity index (χ0n) is 13.9. The zero-order chi connectivity index (χ0) is 18.0. The Balaban J connectivity index is 1.71. The first-order valence-corrected chi connectivity index (χ1v) is 9.83. The third-order valence-corrected chi connectivity index (χ3v) is 5.83. The normalized spacial score (nSPS) is 17.5. The second kappa shape index (κ2) is 6.97. The van der Waals surface area contributed by atoms with Gasteiger partial charge in [0.1, 0.15) is 0 Å². The average Bonchev–Trinajstić information content (AvgIpc) is 3.41. The Morgan fingerprint density at radius 2 is 2.00 bits per heavy atom. The Morgan fingerprint density at radius 3 is 2.69 bits per heavy atom. The Labute approximate surface area is 150 Å². The van der Waals surface area contributed by atoms with E-state index in [9.17, 15) is 8.42 Å². The number of ether oxygens (including phenoxy) is 1. The molecule has 3 heterocycles. The number of sulfone groups is 1. The van der Waals surface area contributed by atoms with Gasteiger partial charge in [0.2, 0.25) is 20.7 Å². The second-order valence-electron chi connectivity index (χ2n) is 5.96. The summed E-state index contributed by atoms with van der Waals surface area (Å²) < 4.78 is 42.5. The van der Waals surface area contributed by atoms with Gasteiger partial charge in [-0.05, 0) is 37.1 Å². The van der Waals surface area contributed by atoms with E-state index >= 15 is 0 Å². The van der Waals surface area contributed by atoms with Crippen molar-refractivity contribution in [3.05, 3.63) is 48.7 Å². The third-order valence-electron chi connectivity index (χ3n) is 4.15. The minimum absolute atomic E-state index is 0.0273. The maximum absolute atomic E-state index is 13.0. The molecule has 136 valence electrons. The van der Waals surface area contributed by atoms with E-state index in [1.54, 1.807) is 30.3 Å². The molecular formula is C18H18N2O5S. The first-order chi connectivity index (χ1) is 12.6. The Bertz CT molecular complexity index is 958. The fraction of sp³-hybridized carbons (Fsp3) is 0.278. The maximum atomic E-state index is 13.0. The minimum atomic E-state index is -3.84. The molecule has 0 radical (unpaired) electrons. The molecule has 26 heavy (non-hydrogen) atoms. The van der Waals surface area contributed by atoms with Gasteiger partial charge in [0, 0.05) is 13.2 Å². The smallest absolute Gasteiger partial charge is 0.266 e. The average molecular weight is 374 g/mol. The number of furan rings is 1. The molecule has 0 unspecified atom stereocenters. The zero-order valence-corrected chi connectivity index (χ0v) is 14.7. The van der Waals surface area contributed by atoms with Gasteiger partial charge in [-0.3, -0.25) is 0 Å². The van der Waals surface area contributed by atoms with Gasteiger partial charge < -0.3 is 18.9 Å². The van der Waals surface area contributed by atoms with Gasteiger partial charge in [-0.1, -0.05) is 18.2 Å². The summed E-state index contributed by atoms with van der Waals surface area (Å²) in [6.45, 7) is 1.17. The van der Waals surface area contributed by atoms with Crippen molar-refractivity contribution in [2.75, 3.05) is 18.5 Å². The fourth-order valence-corrected chi connectivity index (χ4v) is 4.13. The molecule has 0 bridgehead atoms. The summed E-state index contributed by atoms with van der Waals surface area (Å²) in [6, 6.07) is 11.5. The first kappa shape index (κ1) is 16.9. The predicted octanol–water partition coefficient (Wildman–Crippen LogP) is 3.36. The van der Waals surface area contributed by atoms with Gasteiger partial charge in [-0.2, -0.15) is 4.98 Å². The van der Waals surface area contributed by atoms with Crippen molar-refractivity contribution in [2.45, 2.75) is 28.9 Å². The van der Waals surface area contributed by atoms with Gasteiger partial charge in [0.25, 0.3) is 5.89 Å². The van der Waals surface area contributed by atoms with Crippen molar-refractivity contribution in [1.82, 2.24) is 4.98 Å². The molecular weight excluding hydrogens is 356 g/mol. The van der Waals surface area contributed by atoms with Crippen LogP contribution in [-0.2, 0) is 14.6 Å². The monoisotopic (exact) mass is 374 g/mol. The highest BCUT2D eigenvalue weighted by molar-refractivity contribution is 7.91. The molecule has 1 N–H and O–H groups in total. The van der Waals surface area contributed by atoms with Crippen LogP contribution >= 0.6 is 0 Å². The van der Waals surface area contributed by atoms with Crippen LogP contribution in [-0.4, -0.2) is 32.7 Å². The number of benzene rings is 1. The summed E-state index contributed by atoms with van der Waals surface area (Å²) >= 11 is 0. The highest BCUT2D eigenvalue weighted by Crippen LogP contribution is 2.32. The van der Waals surface area contributed by atoms with Crippen LogP contribution < -0.4 is 5.32 Å². The largest absolute Gasteiger partial charge is 0.459 e. The van der Waals surface area contributed by atoms with Crippen molar-refractivity contribution < 1.29 is 22.0 Å². The number of hydrogen-bond acceptors (Lipinski definition) is 7. The van der Waals surface area contributed by atoms with Crippen molar-refractivity contribution >= 4 is 15.7 Å². The van der Waals surface area contributed by atoms with Gasteiger partial charge in [-0.15, -0.1) is 0 Å². The van der Waals surface area contributed by atoms with Gasteiger partial charge in [0.05, 0.1) is 17.3 Å². The van der Waals surface area contributed by atoms with E-state index in [2.05, 4.69) is 10.3 Å². The van der Waals surface area contributed by atoms with Crippen molar-refractivity contribution in [3.8, 4) is 11.7 Å². The number of nitrogens with one attached hydrogen (secondary N) is 1. The molecule has 1 aliphatic heterocycles. The molecule has 7 nitrogen and oxygen atoms in total. The van der Waals surface area contributed by atoms with E-state index in [1.165, 1.54) is 18.4 Å². The van der Waals surface area contributed by atoms with Crippen molar-refractivity contribution in [3.63, 3.8) is 0 Å². The Kier molecular flexibility index (Phi) is 4.52. The topological polar surface area (TPSA) is 94.6 Å². The van der Waals surface area contributed by atoms with Crippen molar-refractivity contribution in [1.29, 1.82) is 0 Å². The molecule has 1 saturated heterocycles. The minimum Gasteiger partial charge on any atom is -0.459 e. The molecule has 0 amide bonds. The summed E-state index contributed by atoms with van der Waals surface area (Å²) in [4.78, 5) is 4.35. The standard InChI is InChI=1S/C18H18N2O5S/c21-26(22,14-7-2-1-3-8-14)18-17(19-12-13-6-4-10-23-13)25-16(20-18)15-9-5-11-24-15/h1-3,5,7-9,11,13,19H,4,6,10,12H2/t13-/m0/s1. The maximum Gasteiger partial charge on any atom is 0.266 e. The molecule has 1 aliphatic rings. The first-order valence-electron chi connectivity index (χ1n) is 8.35. The number of hydrogen-bond donors (Lipinski definition) is 1. The number of anilines is 1. The lowest BCUT2D eigenvalue weighted by atomic mass is 10.2. The van der Waals surface area contributed by atoms with Crippen LogP contribution in [0.3, 0.4) is 0 Å². The highest BCUT2D eigenvalue weighted by atomic mass is 32.2. The van der Waals surface area contributed by atoms with E-state index in [4.69, 9.17) is 13.6 Å². The third kappa shape index (κ3) is 3.25. The summed E-state index contributed by atoms with van der Waals surface area (Å²) in [5.41, 5.74) is 0. The van der Waals surface area contributed by atoms with Crippen LogP contribution in [0.4, 0.5) is 5.88 Å². The molecule has 0 spiro atoms. The molecule has 0 aliphatic carbocycles. The number of aromatic nitrogens is 1. The van der Waals surface area contributed by atoms with Crippen LogP contribution in [0.5, 0.6) is 0 Å². The quantitative estimate of drug-likeness (QED) is 0.707. The van der Waals surface area contributed by atoms with Crippen molar-refractivity contribution in [2.24, 2.45) is 0 Å². The molecule has 4 rings (SSSR count). The molecule has 1 aromatic carbocycles. The lowest BCUT2D eigenvalue weighted by Gasteiger charge is -2.10. The molecule has 1 fully saturated rings. The van der Waals surface area contributed by atoms with E-state index in [0.29, 0.717) is 12.3 Å². The van der Waals surface area contributed by atoms with Gasteiger partial charge in [-0.25, -0.2) is 8.42 Å². The van der Waals surface area contributed by atoms with E-state index in [1.807, 2.05) is 0 Å². The molecule has 2 aromatic heterocycles. The number of oxazole rings is 1. The van der Waals surface area contributed by atoms with Crippen LogP contribution in [0.1, 0.15) is 12.8 Å². The summed E-state index contributed by atoms with van der Waals surface area (Å²) in [5, 5.41) is 2.88. The highest BCUT2D eigenvalue weighted by Gasteiger charge is 2.29. The van der Waals surface area contributed by atoms with E-state index < -0.39 is 9.84 Å². The summed E-state index contributed by atoms with van der Waals surface area (Å²) in [6.07, 6.45) is 3.42. The second-order valence-corrected chi connectivity index (χ2v) is 7.83. The molecule has 8 heteroatoms. The van der Waals surface area contributed by atoms with E-state index in [-0.39, 0.29) is 27.8 Å². The van der Waals surface area contributed by atoms with Crippen LogP contribution in [0.15, 0.2) is 67.5 Å². The number of rotatable bonds is 6. The number of nitrogens with zero attached hydrogens (tertiary/aromatic N) is 1. The van der Waals surface area contributed by atoms with Gasteiger partial charge >= 0.3 is 0 Å². The Morgan fingerprint density at radius 1 is 1.15 bits per heavy atom. The van der Waals surface area contributed by atoms with Gasteiger partial charge in [0.15, 0.2) is 5.76 Å². The molecule has 1 atom stereocenters. The van der Waals surface area contributed by atoms with Crippen LogP contribution in [0.25, 0.3) is 11.7 Å². The Hall–Kier alpha value is -2.58. The lowest BCUT2D eigenvalue weighted by molar-refractivity contribution is 0.120. The van der Waals surface area contributed by atoms with E-state index in [0.717, 1.165) is 19.4 Å². The predicted molar refractivity (Wildman–Crippen MR) is 93.6 cm³/mol. The van der Waals surface area contributed by atoms with Crippen LogP contribution in [0, 0.1) is 0 Å². The molecule has 3 aromatic rings. The summed E-state index contributed by atoms with van der Waals surface area (Å²) in [5.74, 6) is 0.565. The molecule has 0 saturated carbocycles. The van der Waals surface area contributed by atoms with Crippen LogP contribution in [0.2, 0.25) is 0 Å². The lowest BCUT2D eigenvalue weighted by Crippen LogP contribution is -2.19. The summed E-state index contributed by atoms with van der Waals surface area (Å²) in [7, 11) is -3.84.